The van der Waals surface area contributed by atoms with Gasteiger partial charge in [-0.05, 0) is 37.1 Å². The van der Waals surface area contributed by atoms with Crippen molar-refractivity contribution in [3.8, 4) is 0 Å². The van der Waals surface area contributed by atoms with Crippen LogP contribution < -0.4 is 0 Å². The van der Waals surface area contributed by atoms with Gasteiger partial charge in [-0.3, -0.25) is 4.68 Å². The Morgan fingerprint density at radius 3 is 2.89 bits per heavy atom. The zero-order valence-electron chi connectivity index (χ0n) is 10.7. The maximum atomic E-state index is 9.54. The third kappa shape index (κ3) is 3.37. The van der Waals surface area contributed by atoms with Gasteiger partial charge in [-0.1, -0.05) is 12.1 Å². The quantitative estimate of drug-likeness (QED) is 0.842. The third-order valence-corrected chi connectivity index (χ3v) is 3.89. The van der Waals surface area contributed by atoms with Gasteiger partial charge in [0.05, 0.1) is 6.10 Å². The summed E-state index contributed by atoms with van der Waals surface area (Å²) >= 11 is 1.81. The highest BCUT2D eigenvalue weighted by Crippen LogP contribution is 2.23. The van der Waals surface area contributed by atoms with E-state index in [2.05, 4.69) is 17.2 Å². The van der Waals surface area contributed by atoms with Crippen LogP contribution in [0, 0.1) is 0 Å². The molecule has 1 heterocycles. The minimum absolute atomic E-state index is 0.400. The van der Waals surface area contributed by atoms with Crippen LogP contribution >= 0.6 is 11.8 Å². The first kappa shape index (κ1) is 13.2. The molecule has 1 aromatic carbocycles. The van der Waals surface area contributed by atoms with E-state index in [0.717, 1.165) is 17.7 Å². The smallest absolute Gasteiger partial charge is 0.0762 e. The van der Waals surface area contributed by atoms with Crippen molar-refractivity contribution in [2.45, 2.75) is 24.3 Å². The van der Waals surface area contributed by atoms with E-state index in [1.807, 2.05) is 36.1 Å². The number of hydrogen-bond acceptors (Lipinski definition) is 3. The molecule has 1 unspecified atom stereocenters. The molecule has 0 aliphatic carbocycles. The van der Waals surface area contributed by atoms with Crippen LogP contribution in [0.3, 0.4) is 0 Å². The van der Waals surface area contributed by atoms with E-state index in [1.165, 1.54) is 10.6 Å². The first-order chi connectivity index (χ1) is 8.66. The third-order valence-electron chi connectivity index (χ3n) is 2.89. The minimum atomic E-state index is -0.400. The molecule has 18 heavy (non-hydrogen) atoms. The number of hydrogen-bond donors (Lipinski definition) is 1. The fraction of sp³-hybridized carbons (Fsp3) is 0.357. The number of aromatic nitrogens is 2. The van der Waals surface area contributed by atoms with Crippen molar-refractivity contribution in [1.29, 1.82) is 0 Å². The Kier molecular flexibility index (Phi) is 4.44. The standard InChI is InChI=1S/C14H18N2OS/c1-11(17)12-4-3-5-14(10-12)18-9-7-13-6-8-15-16(13)2/h3-6,8,10-11,17H,7,9H2,1-2H3. The van der Waals surface area contributed by atoms with Crippen molar-refractivity contribution in [1.82, 2.24) is 9.78 Å². The van der Waals surface area contributed by atoms with Crippen LogP contribution in [0.5, 0.6) is 0 Å². The molecule has 2 aromatic rings. The van der Waals surface area contributed by atoms with Gasteiger partial charge in [0.1, 0.15) is 0 Å². The van der Waals surface area contributed by atoms with Gasteiger partial charge in [-0.15, -0.1) is 11.8 Å². The fourth-order valence-corrected chi connectivity index (χ4v) is 2.73. The second-order valence-corrected chi connectivity index (χ2v) is 5.46. The van der Waals surface area contributed by atoms with E-state index in [9.17, 15) is 5.11 Å². The van der Waals surface area contributed by atoms with Crippen LogP contribution in [0.25, 0.3) is 0 Å². The molecule has 0 aliphatic rings. The Bertz CT molecular complexity index is 508. The summed E-state index contributed by atoms with van der Waals surface area (Å²) in [5.41, 5.74) is 2.22. The first-order valence-corrected chi connectivity index (χ1v) is 7.03. The van der Waals surface area contributed by atoms with E-state index < -0.39 is 6.10 Å². The zero-order valence-corrected chi connectivity index (χ0v) is 11.5. The topological polar surface area (TPSA) is 38.1 Å². The summed E-state index contributed by atoms with van der Waals surface area (Å²) in [6, 6.07) is 10.1. The molecule has 1 atom stereocenters. The Morgan fingerprint density at radius 1 is 1.39 bits per heavy atom. The van der Waals surface area contributed by atoms with Gasteiger partial charge in [0.2, 0.25) is 0 Å². The molecule has 96 valence electrons. The second kappa shape index (κ2) is 6.07. The molecule has 0 fully saturated rings. The molecular weight excluding hydrogens is 244 g/mol. The summed E-state index contributed by atoms with van der Waals surface area (Å²) < 4.78 is 1.91. The van der Waals surface area contributed by atoms with Crippen molar-refractivity contribution >= 4 is 11.8 Å². The second-order valence-electron chi connectivity index (χ2n) is 4.29. The largest absolute Gasteiger partial charge is 0.389 e. The van der Waals surface area contributed by atoms with E-state index >= 15 is 0 Å². The van der Waals surface area contributed by atoms with Gasteiger partial charge >= 0.3 is 0 Å². The predicted molar refractivity (Wildman–Crippen MR) is 74.7 cm³/mol. The van der Waals surface area contributed by atoms with Crippen molar-refractivity contribution in [2.75, 3.05) is 5.75 Å². The molecule has 3 nitrogen and oxygen atoms in total. The Hall–Kier alpha value is -1.26. The molecule has 0 bridgehead atoms. The lowest BCUT2D eigenvalue weighted by atomic mass is 10.1. The zero-order chi connectivity index (χ0) is 13.0. The van der Waals surface area contributed by atoms with Crippen LogP contribution in [0.1, 0.15) is 24.3 Å². The number of rotatable bonds is 5. The fourth-order valence-electron chi connectivity index (χ4n) is 1.78. The molecule has 1 aromatic heterocycles. The number of aliphatic hydroxyl groups is 1. The van der Waals surface area contributed by atoms with Crippen LogP contribution in [-0.2, 0) is 13.5 Å². The Labute approximate surface area is 112 Å². The number of nitrogens with zero attached hydrogens (tertiary/aromatic N) is 2. The SMILES string of the molecule is CC(O)c1cccc(SCCc2ccnn2C)c1. The van der Waals surface area contributed by atoms with Gasteiger partial charge in [0, 0.05) is 29.6 Å². The average Bonchev–Trinajstić information content (AvgIpc) is 2.76. The molecular formula is C14H18N2OS. The Balaban J connectivity index is 1.90. The molecule has 2 rings (SSSR count). The number of benzene rings is 1. The molecule has 0 aliphatic heterocycles. The van der Waals surface area contributed by atoms with Crippen molar-refractivity contribution in [3.05, 3.63) is 47.8 Å². The monoisotopic (exact) mass is 262 g/mol. The first-order valence-electron chi connectivity index (χ1n) is 6.04. The molecule has 0 saturated carbocycles. The lowest BCUT2D eigenvalue weighted by Gasteiger charge is -2.07. The normalized spacial score (nSPS) is 12.6. The maximum absolute atomic E-state index is 9.54. The lowest BCUT2D eigenvalue weighted by molar-refractivity contribution is 0.199. The summed E-state index contributed by atoms with van der Waals surface area (Å²) in [4.78, 5) is 1.20. The molecule has 0 saturated heterocycles. The predicted octanol–water partition coefficient (Wildman–Crippen LogP) is 2.81. The lowest BCUT2D eigenvalue weighted by Crippen LogP contribution is -1.99. The van der Waals surface area contributed by atoms with Crippen molar-refractivity contribution < 1.29 is 5.11 Å². The number of thioether (sulfide) groups is 1. The van der Waals surface area contributed by atoms with Gasteiger partial charge < -0.3 is 5.11 Å². The minimum Gasteiger partial charge on any atom is -0.389 e. The number of aliphatic hydroxyl groups excluding tert-OH is 1. The van der Waals surface area contributed by atoms with Gasteiger partial charge in [0.15, 0.2) is 0 Å². The highest BCUT2D eigenvalue weighted by molar-refractivity contribution is 7.99. The summed E-state index contributed by atoms with van der Waals surface area (Å²) in [6.45, 7) is 1.79. The van der Waals surface area contributed by atoms with E-state index in [1.54, 1.807) is 18.7 Å². The van der Waals surface area contributed by atoms with Crippen molar-refractivity contribution in [3.63, 3.8) is 0 Å². The summed E-state index contributed by atoms with van der Waals surface area (Å²) in [5, 5.41) is 13.7. The van der Waals surface area contributed by atoms with Crippen LogP contribution in [0.15, 0.2) is 41.4 Å². The van der Waals surface area contributed by atoms with Gasteiger partial charge in [-0.25, -0.2) is 0 Å². The van der Waals surface area contributed by atoms with Crippen LogP contribution in [0.4, 0.5) is 0 Å². The maximum Gasteiger partial charge on any atom is 0.0762 e. The van der Waals surface area contributed by atoms with Gasteiger partial charge in [0.25, 0.3) is 0 Å². The molecule has 0 radical (unpaired) electrons. The van der Waals surface area contributed by atoms with Crippen LogP contribution in [-0.4, -0.2) is 20.6 Å². The summed E-state index contributed by atoms with van der Waals surface area (Å²) in [5.74, 6) is 1.02. The van der Waals surface area contributed by atoms with Crippen LogP contribution in [0.2, 0.25) is 0 Å². The molecule has 0 amide bonds. The summed E-state index contributed by atoms with van der Waals surface area (Å²) in [7, 11) is 1.97. The average molecular weight is 262 g/mol. The molecule has 1 N–H and O–H groups in total. The summed E-state index contributed by atoms with van der Waals surface area (Å²) in [6.07, 6.45) is 2.43. The Morgan fingerprint density at radius 2 is 2.22 bits per heavy atom. The van der Waals surface area contributed by atoms with Crippen molar-refractivity contribution in [2.24, 2.45) is 7.05 Å². The van der Waals surface area contributed by atoms with Gasteiger partial charge in [-0.2, -0.15) is 5.10 Å². The number of aryl methyl sites for hydroxylation is 2. The highest BCUT2D eigenvalue weighted by Gasteiger charge is 2.03. The van der Waals surface area contributed by atoms with E-state index in [0.29, 0.717) is 0 Å². The highest BCUT2D eigenvalue weighted by atomic mass is 32.2. The van der Waals surface area contributed by atoms with E-state index in [4.69, 9.17) is 0 Å². The molecule has 0 spiro atoms. The molecule has 4 heteroatoms. The van der Waals surface area contributed by atoms with E-state index in [-0.39, 0.29) is 0 Å².